The van der Waals surface area contributed by atoms with Crippen LogP contribution in [0.3, 0.4) is 0 Å². The molecule has 110 valence electrons. The van der Waals surface area contributed by atoms with Gasteiger partial charge in [-0.2, -0.15) is 4.31 Å². The Hall–Kier alpha value is 0.690. The van der Waals surface area contributed by atoms with Crippen LogP contribution in [0.15, 0.2) is 0 Å². The SMILES string of the molecule is NCCCC[C@H](N)C(=O)OP(=O)(O)OP(=O)(O)O.[H-].[Na+]. The van der Waals surface area contributed by atoms with Crippen LogP contribution in [0, 0.1) is 0 Å². The van der Waals surface area contributed by atoms with Crippen LogP contribution in [0.5, 0.6) is 0 Å². The van der Waals surface area contributed by atoms with E-state index in [1.54, 1.807) is 0 Å². The fourth-order valence-corrected chi connectivity index (χ4v) is 2.53. The maximum absolute atomic E-state index is 11.2. The maximum atomic E-state index is 11.2. The van der Waals surface area contributed by atoms with Crippen LogP contribution in [-0.4, -0.2) is 33.2 Å². The van der Waals surface area contributed by atoms with E-state index in [1.807, 2.05) is 0 Å². The molecule has 0 aromatic carbocycles. The first kappa shape index (κ1) is 22.0. The molecule has 7 N–H and O–H groups in total. The second kappa shape index (κ2) is 9.59. The maximum Gasteiger partial charge on any atom is 1.00 e. The second-order valence-electron chi connectivity index (χ2n) is 3.34. The third-order valence-electron chi connectivity index (χ3n) is 1.69. The van der Waals surface area contributed by atoms with Crippen molar-refractivity contribution < 1.29 is 68.4 Å². The predicted molar refractivity (Wildman–Crippen MR) is 61.0 cm³/mol. The van der Waals surface area contributed by atoms with Crippen molar-refractivity contribution in [3.8, 4) is 0 Å². The van der Waals surface area contributed by atoms with Crippen LogP contribution in [0.2, 0.25) is 0 Å². The smallest absolute Gasteiger partial charge is 1.00 e. The Morgan fingerprint density at radius 1 is 1.26 bits per heavy atom. The van der Waals surface area contributed by atoms with Gasteiger partial charge in [-0.15, -0.1) is 0 Å². The number of phosphoric ester groups is 1. The van der Waals surface area contributed by atoms with Gasteiger partial charge in [0.15, 0.2) is 0 Å². The Bertz CT molecular complexity index is 380. The molecule has 0 rings (SSSR count). The Morgan fingerprint density at radius 2 is 1.79 bits per heavy atom. The minimum atomic E-state index is -5.25. The average molecular weight is 330 g/mol. The number of carbonyl (C=O) groups is 1. The zero-order chi connectivity index (χ0) is 14.4. The summed E-state index contributed by atoms with van der Waals surface area (Å²) in [7, 11) is -10.4. The number of rotatable bonds is 8. The van der Waals surface area contributed by atoms with Gasteiger partial charge in [-0.1, -0.05) is 6.42 Å². The van der Waals surface area contributed by atoms with Crippen LogP contribution in [0.25, 0.3) is 0 Å². The van der Waals surface area contributed by atoms with Gasteiger partial charge in [0.05, 0.1) is 0 Å². The monoisotopic (exact) mass is 330 g/mol. The Labute approximate surface area is 133 Å². The van der Waals surface area contributed by atoms with Crippen molar-refractivity contribution in [2.45, 2.75) is 25.3 Å². The summed E-state index contributed by atoms with van der Waals surface area (Å²) in [6, 6.07) is -1.20. The van der Waals surface area contributed by atoms with Crippen molar-refractivity contribution in [2.75, 3.05) is 6.54 Å². The largest absolute Gasteiger partial charge is 1.00 e. The van der Waals surface area contributed by atoms with E-state index in [2.05, 4.69) is 8.83 Å². The van der Waals surface area contributed by atoms with E-state index in [9.17, 15) is 13.9 Å². The third kappa shape index (κ3) is 12.2. The topological polar surface area (TPSA) is 182 Å². The van der Waals surface area contributed by atoms with Gasteiger partial charge in [0.2, 0.25) is 0 Å². The van der Waals surface area contributed by atoms with E-state index in [1.165, 1.54) is 0 Å². The first-order chi connectivity index (χ1) is 8.07. The molecular formula is C6H17N2NaO8P2. The summed E-state index contributed by atoms with van der Waals surface area (Å²) >= 11 is 0. The molecule has 0 heterocycles. The normalized spacial score (nSPS) is 16.1. The van der Waals surface area contributed by atoms with Gasteiger partial charge in [0.25, 0.3) is 0 Å². The van der Waals surface area contributed by atoms with Crippen molar-refractivity contribution in [2.24, 2.45) is 11.5 Å². The third-order valence-corrected chi connectivity index (χ3v) is 3.77. The number of unbranched alkanes of at least 4 members (excludes halogenated alkanes) is 1. The summed E-state index contributed by atoms with van der Waals surface area (Å²) < 4.78 is 28.6. The molecule has 0 aliphatic rings. The molecule has 0 aromatic heterocycles. The molecule has 1 unspecified atom stereocenters. The van der Waals surface area contributed by atoms with Crippen LogP contribution < -0.4 is 41.0 Å². The summed E-state index contributed by atoms with van der Waals surface area (Å²) in [6.07, 6.45) is 1.27. The molecule has 13 heteroatoms. The van der Waals surface area contributed by atoms with Crippen LogP contribution in [0.4, 0.5) is 0 Å². The van der Waals surface area contributed by atoms with E-state index >= 15 is 0 Å². The van der Waals surface area contributed by atoms with Gasteiger partial charge in [-0.05, 0) is 19.4 Å². The van der Waals surface area contributed by atoms with Gasteiger partial charge < -0.3 is 27.2 Å². The molecule has 2 atom stereocenters. The van der Waals surface area contributed by atoms with Crippen LogP contribution >= 0.6 is 15.6 Å². The fourth-order valence-electron chi connectivity index (χ4n) is 0.959. The van der Waals surface area contributed by atoms with Crippen LogP contribution in [-0.2, 0) is 22.8 Å². The minimum absolute atomic E-state index is 0. The number of hydrogen-bond donors (Lipinski definition) is 5. The molecule has 0 radical (unpaired) electrons. The molecule has 0 amide bonds. The fraction of sp³-hybridized carbons (Fsp3) is 0.833. The Kier molecular flexibility index (Phi) is 11.1. The molecule has 0 saturated heterocycles. The molecule has 0 saturated carbocycles. The van der Waals surface area contributed by atoms with Gasteiger partial charge >= 0.3 is 51.2 Å². The molecule has 0 fully saturated rings. The Morgan fingerprint density at radius 3 is 2.21 bits per heavy atom. The van der Waals surface area contributed by atoms with Crippen molar-refractivity contribution in [3.63, 3.8) is 0 Å². The summed E-state index contributed by atoms with van der Waals surface area (Å²) in [4.78, 5) is 36.7. The zero-order valence-corrected chi connectivity index (χ0v) is 14.1. The van der Waals surface area contributed by atoms with E-state index in [0.717, 1.165) is 0 Å². The predicted octanol–water partition coefficient (Wildman–Crippen LogP) is -3.69. The van der Waals surface area contributed by atoms with E-state index < -0.39 is 27.7 Å². The second-order valence-corrected chi connectivity index (χ2v) is 6.10. The van der Waals surface area contributed by atoms with E-state index in [0.29, 0.717) is 19.4 Å². The van der Waals surface area contributed by atoms with Gasteiger partial charge in [-0.25, -0.2) is 13.9 Å². The Balaban J connectivity index is -0.00000144. The molecule has 19 heavy (non-hydrogen) atoms. The summed E-state index contributed by atoms with van der Waals surface area (Å²) in [5, 5.41) is 0. The zero-order valence-electron chi connectivity index (χ0n) is 11.3. The van der Waals surface area contributed by atoms with Crippen molar-refractivity contribution >= 4 is 21.6 Å². The molecule has 0 bridgehead atoms. The summed E-state index contributed by atoms with van der Waals surface area (Å²) in [5.41, 5.74) is 10.5. The van der Waals surface area contributed by atoms with Gasteiger partial charge in [-0.3, -0.25) is 4.89 Å². The summed E-state index contributed by atoms with van der Waals surface area (Å²) in [5.74, 6) is -1.29. The standard InChI is InChI=1S/C6H16N2O8P2.Na.H/c7-4-2-1-3-5(8)6(9)15-18(13,14)16-17(10,11)12;;/h5H,1-4,7-8H2,(H,13,14)(H2,10,11,12);;/q;+1;-1/t5-;;/m0../s1. The molecule has 0 aromatic rings. The van der Waals surface area contributed by atoms with E-state index in [-0.39, 0.29) is 37.4 Å². The number of nitrogens with two attached hydrogens (primary N) is 2. The minimum Gasteiger partial charge on any atom is -1.00 e. The van der Waals surface area contributed by atoms with Gasteiger partial charge in [0.1, 0.15) is 6.04 Å². The van der Waals surface area contributed by atoms with Crippen LogP contribution in [0.1, 0.15) is 20.7 Å². The molecule has 10 nitrogen and oxygen atoms in total. The average Bonchev–Trinajstić information content (AvgIpc) is 2.12. The first-order valence-electron chi connectivity index (χ1n) is 4.86. The number of hydrogen-bond acceptors (Lipinski definition) is 7. The van der Waals surface area contributed by atoms with Gasteiger partial charge in [0, 0.05) is 0 Å². The van der Waals surface area contributed by atoms with Crippen molar-refractivity contribution in [3.05, 3.63) is 0 Å². The van der Waals surface area contributed by atoms with E-state index in [4.69, 9.17) is 26.1 Å². The number of phosphoric acid groups is 2. The molecule has 0 aliphatic heterocycles. The molecular weight excluding hydrogens is 313 g/mol. The van der Waals surface area contributed by atoms with Crippen molar-refractivity contribution in [1.29, 1.82) is 0 Å². The number of carbonyl (C=O) groups excluding carboxylic acids is 1. The first-order valence-corrected chi connectivity index (χ1v) is 7.89. The molecule has 0 spiro atoms. The molecule has 0 aliphatic carbocycles. The summed E-state index contributed by atoms with van der Waals surface area (Å²) in [6.45, 7) is 0.404. The van der Waals surface area contributed by atoms with Crippen molar-refractivity contribution in [1.82, 2.24) is 0 Å². The quantitative estimate of drug-likeness (QED) is 0.169.